The normalized spacial score (nSPS) is 12.5. The number of anilines is 1. The van der Waals surface area contributed by atoms with Crippen LogP contribution in [0.1, 0.15) is 25.0 Å². The molecule has 200 valence electrons. The predicted octanol–water partition coefficient (Wildman–Crippen LogP) is 5.94. The quantitative estimate of drug-likeness (QED) is 0.266. The number of pyridine rings is 1. The highest BCUT2D eigenvalue weighted by atomic mass is 19.4. The standard InChI is InChI=1S/C27H19F4N3O5/c1-37-22-14-18(39-27(29,30)31)7-8-21(22)38-23-12-16(15-5-3-2-4-6-15)11-19(28)24(23)26(36)34-17-9-10-33-20(13-17)25(32)35/h2-14H,1H3,(H2,32,35)(H,33,34,36)/i1D3. The Hall–Kier alpha value is -5.13. The molecule has 12 heteroatoms. The Morgan fingerprint density at radius 2 is 1.72 bits per heavy atom. The highest BCUT2D eigenvalue weighted by molar-refractivity contribution is 6.07. The molecule has 1 heterocycles. The Kier molecular flexibility index (Phi) is 6.55. The third-order valence-electron chi connectivity index (χ3n) is 5.14. The van der Waals surface area contributed by atoms with Crippen molar-refractivity contribution in [1.82, 2.24) is 4.98 Å². The van der Waals surface area contributed by atoms with Crippen LogP contribution in [0.4, 0.5) is 23.2 Å². The molecule has 4 aromatic rings. The monoisotopic (exact) mass is 544 g/mol. The lowest BCUT2D eigenvalue weighted by Crippen LogP contribution is -2.17. The molecule has 3 aromatic carbocycles. The SMILES string of the molecule is [2H]C([2H])([2H])Oc1cc(OC(F)(F)F)ccc1Oc1cc(-c2ccccc2)cc(F)c1C(=O)Nc1ccnc(C(N)=O)c1. The maximum Gasteiger partial charge on any atom is 0.573 e. The first kappa shape index (κ1) is 23.0. The minimum atomic E-state index is -5.10. The van der Waals surface area contributed by atoms with Gasteiger partial charge in [-0.1, -0.05) is 30.3 Å². The molecule has 2 amide bonds. The number of primary amides is 1. The number of hydrogen-bond donors (Lipinski definition) is 2. The smallest absolute Gasteiger partial charge is 0.493 e. The van der Waals surface area contributed by atoms with Crippen molar-refractivity contribution in [2.24, 2.45) is 5.73 Å². The summed E-state index contributed by atoms with van der Waals surface area (Å²) < 4.78 is 90.5. The van der Waals surface area contributed by atoms with E-state index in [0.29, 0.717) is 11.6 Å². The summed E-state index contributed by atoms with van der Waals surface area (Å²) in [4.78, 5) is 28.5. The molecule has 4 rings (SSSR count). The van der Waals surface area contributed by atoms with Gasteiger partial charge in [0.25, 0.3) is 11.8 Å². The van der Waals surface area contributed by atoms with Gasteiger partial charge in [0.05, 0.1) is 11.2 Å². The van der Waals surface area contributed by atoms with Gasteiger partial charge in [0, 0.05) is 18.0 Å². The number of nitrogens with two attached hydrogens (primary N) is 1. The number of ether oxygens (including phenoxy) is 3. The number of rotatable bonds is 8. The van der Waals surface area contributed by atoms with E-state index in [1.165, 1.54) is 18.3 Å². The maximum absolute atomic E-state index is 15.6. The summed E-state index contributed by atoms with van der Waals surface area (Å²) in [6.07, 6.45) is -3.91. The molecule has 0 bridgehead atoms. The zero-order valence-corrected chi connectivity index (χ0v) is 19.6. The van der Waals surface area contributed by atoms with Gasteiger partial charge >= 0.3 is 6.36 Å². The predicted molar refractivity (Wildman–Crippen MR) is 132 cm³/mol. The molecule has 0 aliphatic heterocycles. The van der Waals surface area contributed by atoms with Crippen LogP contribution in [0.25, 0.3) is 11.1 Å². The molecular weight excluding hydrogens is 522 g/mol. The second-order valence-corrected chi connectivity index (χ2v) is 7.81. The lowest BCUT2D eigenvalue weighted by atomic mass is 10.0. The van der Waals surface area contributed by atoms with Crippen molar-refractivity contribution in [3.8, 4) is 34.1 Å². The van der Waals surface area contributed by atoms with Crippen molar-refractivity contribution in [3.05, 3.63) is 96.1 Å². The Morgan fingerprint density at radius 1 is 0.949 bits per heavy atom. The number of carbonyl (C=O) groups is 2. The van der Waals surface area contributed by atoms with E-state index < -0.39 is 59.6 Å². The average molecular weight is 544 g/mol. The number of nitrogens with one attached hydrogen (secondary N) is 1. The Bertz CT molecular complexity index is 1630. The zero-order valence-electron chi connectivity index (χ0n) is 22.6. The molecule has 1 aromatic heterocycles. The first-order valence-electron chi connectivity index (χ1n) is 12.4. The number of alkyl halides is 3. The van der Waals surface area contributed by atoms with E-state index in [1.807, 2.05) is 0 Å². The van der Waals surface area contributed by atoms with Crippen LogP contribution in [-0.4, -0.2) is 30.2 Å². The number of carbonyl (C=O) groups excluding carboxylic acids is 2. The summed E-state index contributed by atoms with van der Waals surface area (Å²) in [5.74, 6) is -5.46. The van der Waals surface area contributed by atoms with Crippen molar-refractivity contribution >= 4 is 17.5 Å². The Balaban J connectivity index is 1.81. The summed E-state index contributed by atoms with van der Waals surface area (Å²) >= 11 is 0. The molecule has 8 nitrogen and oxygen atoms in total. The van der Waals surface area contributed by atoms with Crippen molar-refractivity contribution < 1.29 is 45.5 Å². The molecule has 0 spiro atoms. The van der Waals surface area contributed by atoms with Gasteiger partial charge in [0.1, 0.15) is 28.6 Å². The molecule has 0 saturated carbocycles. The van der Waals surface area contributed by atoms with Crippen molar-refractivity contribution in [2.75, 3.05) is 12.4 Å². The third kappa shape index (κ3) is 6.60. The number of halogens is 4. The van der Waals surface area contributed by atoms with Crippen LogP contribution in [0.15, 0.2) is 79.0 Å². The van der Waals surface area contributed by atoms with Crippen LogP contribution in [-0.2, 0) is 0 Å². The van der Waals surface area contributed by atoms with Gasteiger partial charge in [0.15, 0.2) is 11.5 Å². The molecule has 0 aliphatic carbocycles. The van der Waals surface area contributed by atoms with Crippen LogP contribution < -0.4 is 25.3 Å². The lowest BCUT2D eigenvalue weighted by molar-refractivity contribution is -0.274. The molecule has 0 atom stereocenters. The second-order valence-electron chi connectivity index (χ2n) is 7.81. The number of hydrogen-bond acceptors (Lipinski definition) is 6. The fraction of sp³-hybridized carbons (Fsp3) is 0.0741. The molecule has 0 unspecified atom stereocenters. The van der Waals surface area contributed by atoms with Crippen molar-refractivity contribution in [1.29, 1.82) is 0 Å². The fourth-order valence-electron chi connectivity index (χ4n) is 3.48. The lowest BCUT2D eigenvalue weighted by Gasteiger charge is -2.17. The van der Waals surface area contributed by atoms with Gasteiger partial charge in [-0.05, 0) is 47.5 Å². The van der Waals surface area contributed by atoms with Gasteiger partial charge in [-0.3, -0.25) is 14.6 Å². The van der Waals surface area contributed by atoms with Crippen molar-refractivity contribution in [2.45, 2.75) is 6.36 Å². The molecule has 0 saturated heterocycles. The van der Waals surface area contributed by atoms with E-state index in [-0.39, 0.29) is 16.9 Å². The first-order chi connectivity index (χ1) is 19.7. The van der Waals surface area contributed by atoms with Gasteiger partial charge in [0.2, 0.25) is 0 Å². The Morgan fingerprint density at radius 3 is 2.41 bits per heavy atom. The summed E-state index contributed by atoms with van der Waals surface area (Å²) in [5, 5.41) is 2.39. The molecule has 0 fully saturated rings. The van der Waals surface area contributed by atoms with E-state index in [2.05, 4.69) is 15.0 Å². The van der Waals surface area contributed by atoms with Crippen LogP contribution in [0.2, 0.25) is 0 Å². The van der Waals surface area contributed by atoms with Crippen molar-refractivity contribution in [3.63, 3.8) is 0 Å². The minimum Gasteiger partial charge on any atom is -0.493 e. The topological polar surface area (TPSA) is 113 Å². The number of amides is 2. The van der Waals surface area contributed by atoms with Gasteiger partial charge in [-0.15, -0.1) is 13.2 Å². The van der Waals surface area contributed by atoms with E-state index in [4.69, 9.17) is 19.3 Å². The minimum absolute atomic E-state index is 0.0290. The number of methoxy groups -OCH3 is 1. The summed E-state index contributed by atoms with van der Waals surface area (Å²) in [5.41, 5.74) is 5.16. The zero-order chi connectivity index (χ0) is 30.7. The van der Waals surface area contributed by atoms with E-state index in [0.717, 1.165) is 24.3 Å². The van der Waals surface area contributed by atoms with Crippen LogP contribution in [0, 0.1) is 5.82 Å². The third-order valence-corrected chi connectivity index (χ3v) is 5.14. The summed E-state index contributed by atoms with van der Waals surface area (Å²) in [6.45, 7) is 0. The van der Waals surface area contributed by atoms with Gasteiger partial charge in [-0.25, -0.2) is 4.39 Å². The largest absolute Gasteiger partial charge is 0.573 e. The van der Waals surface area contributed by atoms with Crippen LogP contribution in [0.3, 0.4) is 0 Å². The Labute approximate surface area is 223 Å². The van der Waals surface area contributed by atoms with Gasteiger partial charge in [-0.2, -0.15) is 0 Å². The number of nitrogens with zero attached hydrogens (tertiary/aromatic N) is 1. The van der Waals surface area contributed by atoms with E-state index in [9.17, 15) is 22.8 Å². The molecule has 0 aliphatic rings. The fourth-order valence-corrected chi connectivity index (χ4v) is 3.48. The number of benzene rings is 3. The maximum atomic E-state index is 15.6. The van der Waals surface area contributed by atoms with Gasteiger partial charge < -0.3 is 25.3 Å². The second kappa shape index (κ2) is 11.1. The average Bonchev–Trinajstić information content (AvgIpc) is 2.88. The van der Waals surface area contributed by atoms with E-state index in [1.54, 1.807) is 30.3 Å². The molecular formula is C27H19F4N3O5. The first-order valence-corrected chi connectivity index (χ1v) is 10.9. The highest BCUT2D eigenvalue weighted by Crippen LogP contribution is 2.39. The van der Waals surface area contributed by atoms with Crippen LogP contribution in [0.5, 0.6) is 23.0 Å². The highest BCUT2D eigenvalue weighted by Gasteiger charge is 2.31. The summed E-state index contributed by atoms with van der Waals surface area (Å²) in [6, 6.07) is 15.5. The summed E-state index contributed by atoms with van der Waals surface area (Å²) in [7, 11) is -3.13. The number of aromatic nitrogens is 1. The van der Waals surface area contributed by atoms with E-state index >= 15 is 4.39 Å². The molecule has 3 N–H and O–H groups in total. The molecule has 0 radical (unpaired) electrons. The van der Waals surface area contributed by atoms with Crippen LogP contribution >= 0.6 is 0 Å². The molecule has 39 heavy (non-hydrogen) atoms.